The lowest BCUT2D eigenvalue weighted by Gasteiger charge is -1.78. The Labute approximate surface area is 56.0 Å². The second-order valence-corrected chi connectivity index (χ2v) is 1.80. The molecule has 0 aliphatic carbocycles. The van der Waals surface area contributed by atoms with E-state index >= 15 is 0 Å². The van der Waals surface area contributed by atoms with Crippen molar-refractivity contribution in [2.75, 3.05) is 0 Å². The molecule has 0 amide bonds. The molecule has 0 rings (SSSR count). The van der Waals surface area contributed by atoms with Crippen LogP contribution in [0.1, 0.15) is 20.3 Å². The smallest absolute Gasteiger partial charge is 0.0518 e. The van der Waals surface area contributed by atoms with E-state index in [-0.39, 0.29) is 0 Å². The third kappa shape index (κ3) is 7.08. The molecule has 0 N–H and O–H groups in total. The maximum absolute atomic E-state index is 3.71. The van der Waals surface area contributed by atoms with E-state index in [9.17, 15) is 0 Å². The summed E-state index contributed by atoms with van der Waals surface area (Å²) in [6.45, 7) is 7.52. The van der Waals surface area contributed by atoms with Crippen molar-refractivity contribution < 1.29 is 0 Å². The Kier molecular flexibility index (Phi) is 4.69. The van der Waals surface area contributed by atoms with Crippen molar-refractivity contribution in [1.82, 2.24) is 0 Å². The first-order chi connectivity index (χ1) is 4.27. The van der Waals surface area contributed by atoms with E-state index in [4.69, 9.17) is 0 Å². The van der Waals surface area contributed by atoms with Crippen LogP contribution in [0.4, 0.5) is 0 Å². The lowest BCUT2D eigenvalue weighted by atomic mass is 10.4. The molecule has 0 aromatic carbocycles. The van der Waals surface area contributed by atoms with Gasteiger partial charge >= 0.3 is 0 Å². The third-order valence-corrected chi connectivity index (χ3v) is 0.609. The van der Waals surface area contributed by atoms with E-state index in [2.05, 4.69) is 16.8 Å². The van der Waals surface area contributed by atoms with Crippen LogP contribution in [0.25, 0.3) is 0 Å². The fraction of sp³-hybridized carbons (Fsp3) is 0.429. The van der Waals surface area contributed by atoms with Crippen LogP contribution < -0.4 is 0 Å². The van der Waals surface area contributed by atoms with Gasteiger partial charge in [-0.2, -0.15) is 10.2 Å². The van der Waals surface area contributed by atoms with Gasteiger partial charge in [-0.15, -0.1) is 0 Å². The van der Waals surface area contributed by atoms with E-state index in [1.54, 1.807) is 12.4 Å². The Morgan fingerprint density at radius 3 is 2.67 bits per heavy atom. The van der Waals surface area contributed by atoms with Gasteiger partial charge in [0.25, 0.3) is 0 Å². The van der Waals surface area contributed by atoms with Crippen LogP contribution in [0.2, 0.25) is 0 Å². The van der Waals surface area contributed by atoms with Gasteiger partial charge in [-0.05, 0) is 18.9 Å². The number of allylic oxidation sites excluding steroid dienone is 1. The van der Waals surface area contributed by atoms with Gasteiger partial charge in [0.15, 0.2) is 0 Å². The van der Waals surface area contributed by atoms with Crippen molar-refractivity contribution >= 4 is 12.4 Å². The average Bonchev–Trinajstić information content (AvgIpc) is 1.80. The first-order valence-corrected chi connectivity index (χ1v) is 2.97. The normalized spacial score (nSPS) is 11.3. The van der Waals surface area contributed by atoms with Crippen LogP contribution in [0.5, 0.6) is 0 Å². The molecule has 0 bridgehead atoms. The van der Waals surface area contributed by atoms with Crippen molar-refractivity contribution in [1.29, 1.82) is 0 Å². The first-order valence-electron chi connectivity index (χ1n) is 2.97. The summed E-state index contributed by atoms with van der Waals surface area (Å²) in [6.07, 6.45) is 4.30. The maximum atomic E-state index is 3.71. The highest BCUT2D eigenvalue weighted by Crippen LogP contribution is 1.79. The van der Waals surface area contributed by atoms with Gasteiger partial charge in [-0.3, -0.25) is 0 Å². The van der Waals surface area contributed by atoms with Crippen molar-refractivity contribution in [3.63, 3.8) is 0 Å². The molecule has 0 saturated heterocycles. The molecule has 0 heterocycles. The largest absolute Gasteiger partial charge is 0.164 e. The molecule has 0 fully saturated rings. The quantitative estimate of drug-likeness (QED) is 0.406. The second kappa shape index (κ2) is 5.22. The van der Waals surface area contributed by atoms with Crippen LogP contribution >= 0.6 is 0 Å². The van der Waals surface area contributed by atoms with E-state index < -0.39 is 0 Å². The number of hydrogen-bond donors (Lipinski definition) is 0. The lowest BCUT2D eigenvalue weighted by Crippen LogP contribution is -1.71. The Morgan fingerprint density at radius 2 is 2.22 bits per heavy atom. The summed E-state index contributed by atoms with van der Waals surface area (Å²) in [4.78, 5) is 0. The maximum Gasteiger partial charge on any atom is 0.0518 e. The minimum atomic E-state index is 0.920. The fourth-order valence-corrected chi connectivity index (χ4v) is 0.261. The highest BCUT2D eigenvalue weighted by atomic mass is 15.2. The SMILES string of the molecule is C=C(C)/C=N/N=C/CC. The minimum absolute atomic E-state index is 0.920. The van der Waals surface area contributed by atoms with Gasteiger partial charge in [-0.1, -0.05) is 13.5 Å². The molecular formula is C7H12N2. The van der Waals surface area contributed by atoms with Gasteiger partial charge < -0.3 is 0 Å². The van der Waals surface area contributed by atoms with Crippen LogP contribution in [-0.2, 0) is 0 Å². The molecule has 2 heteroatoms. The Balaban J connectivity index is 3.47. The van der Waals surface area contributed by atoms with E-state index in [0.29, 0.717) is 0 Å². The van der Waals surface area contributed by atoms with Gasteiger partial charge in [0.2, 0.25) is 0 Å². The van der Waals surface area contributed by atoms with Crippen molar-refractivity contribution in [3.05, 3.63) is 12.2 Å². The van der Waals surface area contributed by atoms with Crippen LogP contribution in [0, 0.1) is 0 Å². The summed E-state index contributed by atoms with van der Waals surface area (Å²) in [5.41, 5.74) is 0.920. The molecule has 0 aliphatic heterocycles. The number of hydrogen-bond acceptors (Lipinski definition) is 2. The fourth-order valence-electron chi connectivity index (χ4n) is 0.261. The predicted molar refractivity (Wildman–Crippen MR) is 42.1 cm³/mol. The predicted octanol–water partition coefficient (Wildman–Crippen LogP) is 2.03. The molecule has 0 aliphatic rings. The molecule has 0 spiro atoms. The second-order valence-electron chi connectivity index (χ2n) is 1.80. The lowest BCUT2D eigenvalue weighted by molar-refractivity contribution is 1.21. The van der Waals surface area contributed by atoms with E-state index in [1.165, 1.54) is 0 Å². The van der Waals surface area contributed by atoms with Crippen LogP contribution in [-0.4, -0.2) is 12.4 Å². The summed E-state index contributed by atoms with van der Waals surface area (Å²) in [5, 5.41) is 7.42. The summed E-state index contributed by atoms with van der Waals surface area (Å²) >= 11 is 0. The molecule has 0 aromatic rings. The zero-order valence-corrected chi connectivity index (χ0v) is 5.96. The number of rotatable bonds is 3. The van der Waals surface area contributed by atoms with Gasteiger partial charge in [0.1, 0.15) is 0 Å². The highest BCUT2D eigenvalue weighted by molar-refractivity contribution is 5.76. The molecular weight excluding hydrogens is 112 g/mol. The Morgan fingerprint density at radius 1 is 1.56 bits per heavy atom. The monoisotopic (exact) mass is 124 g/mol. The number of nitrogens with zero attached hydrogens (tertiary/aromatic N) is 2. The first kappa shape index (κ1) is 8.08. The topological polar surface area (TPSA) is 24.7 Å². The molecule has 0 radical (unpaired) electrons. The van der Waals surface area contributed by atoms with Gasteiger partial charge in [0, 0.05) is 6.21 Å². The van der Waals surface area contributed by atoms with Gasteiger partial charge in [0.05, 0.1) is 6.21 Å². The van der Waals surface area contributed by atoms with E-state index in [1.807, 2.05) is 13.8 Å². The summed E-state index contributed by atoms with van der Waals surface area (Å²) in [7, 11) is 0. The van der Waals surface area contributed by atoms with Crippen molar-refractivity contribution in [2.24, 2.45) is 10.2 Å². The standard InChI is InChI=1S/C7H12N2/c1-4-5-8-9-6-7(2)3/h5-6H,2,4H2,1,3H3/b8-5+,9-6+. The van der Waals surface area contributed by atoms with E-state index in [0.717, 1.165) is 12.0 Å². The third-order valence-electron chi connectivity index (χ3n) is 0.609. The zero-order valence-electron chi connectivity index (χ0n) is 5.96. The van der Waals surface area contributed by atoms with Gasteiger partial charge in [-0.25, -0.2) is 0 Å². The molecule has 0 aromatic heterocycles. The molecule has 50 valence electrons. The Bertz CT molecular complexity index is 134. The summed E-state index contributed by atoms with van der Waals surface area (Å²) in [5.74, 6) is 0. The molecule has 2 nitrogen and oxygen atoms in total. The average molecular weight is 124 g/mol. The highest BCUT2D eigenvalue weighted by Gasteiger charge is 1.69. The molecule has 0 unspecified atom stereocenters. The Hall–Kier alpha value is -0.920. The van der Waals surface area contributed by atoms with Crippen LogP contribution in [0.15, 0.2) is 22.4 Å². The van der Waals surface area contributed by atoms with Crippen molar-refractivity contribution in [3.8, 4) is 0 Å². The minimum Gasteiger partial charge on any atom is -0.164 e. The van der Waals surface area contributed by atoms with Crippen LogP contribution in [0.3, 0.4) is 0 Å². The molecule has 0 atom stereocenters. The summed E-state index contributed by atoms with van der Waals surface area (Å²) < 4.78 is 0. The summed E-state index contributed by atoms with van der Waals surface area (Å²) in [6, 6.07) is 0. The molecule has 9 heavy (non-hydrogen) atoms. The molecule has 0 saturated carbocycles. The van der Waals surface area contributed by atoms with Crippen molar-refractivity contribution in [2.45, 2.75) is 20.3 Å². The zero-order chi connectivity index (χ0) is 7.11.